The van der Waals surface area contributed by atoms with Gasteiger partial charge in [0.15, 0.2) is 0 Å². The molecule has 0 unspecified atom stereocenters. The Kier molecular flexibility index (Phi) is 1.87. The van der Waals surface area contributed by atoms with Gasteiger partial charge in [0.1, 0.15) is 0 Å². The van der Waals surface area contributed by atoms with E-state index < -0.39 is 0 Å². The number of rotatable bonds is 0. The Hall–Kier alpha value is -0.860. The molecule has 1 aliphatic rings. The van der Waals surface area contributed by atoms with Gasteiger partial charge in [-0.25, -0.2) is 0 Å². The highest BCUT2D eigenvalue weighted by atomic mass is 14.7. The second-order valence-corrected chi connectivity index (χ2v) is 3.42. The average Bonchev–Trinajstić information content (AvgIpc) is 2.12. The van der Waals surface area contributed by atoms with Crippen molar-refractivity contribution in [3.8, 4) is 0 Å². The molecule has 12 heavy (non-hydrogen) atoms. The molecule has 2 heteroatoms. The SMILES string of the molecule is N[C@@H]1CC[C@H](N)c2ccccc21. The lowest BCUT2D eigenvalue weighted by Crippen LogP contribution is -2.24. The molecule has 2 atom stereocenters. The molecule has 0 saturated heterocycles. The van der Waals surface area contributed by atoms with E-state index in [4.69, 9.17) is 11.5 Å². The summed E-state index contributed by atoms with van der Waals surface area (Å²) in [5.41, 5.74) is 14.4. The van der Waals surface area contributed by atoms with Gasteiger partial charge in [-0.2, -0.15) is 0 Å². The molecule has 0 amide bonds. The number of benzene rings is 1. The van der Waals surface area contributed by atoms with E-state index in [0.29, 0.717) is 0 Å². The third kappa shape index (κ3) is 1.13. The minimum atomic E-state index is 0.195. The third-order valence-electron chi connectivity index (χ3n) is 2.58. The van der Waals surface area contributed by atoms with Crippen molar-refractivity contribution >= 4 is 0 Å². The van der Waals surface area contributed by atoms with Crippen molar-refractivity contribution in [2.45, 2.75) is 24.9 Å². The quantitative estimate of drug-likeness (QED) is 0.607. The molecular formula is C10H14N2. The summed E-state index contributed by atoms with van der Waals surface area (Å²) >= 11 is 0. The van der Waals surface area contributed by atoms with Crippen LogP contribution in [0.2, 0.25) is 0 Å². The standard InChI is InChI=1S/C10H14N2/c11-9-5-6-10(12)8-4-2-1-3-7(8)9/h1-4,9-10H,5-6,11-12H2/t9-,10+. The van der Waals surface area contributed by atoms with Crippen LogP contribution in [0.3, 0.4) is 0 Å². The van der Waals surface area contributed by atoms with Crippen molar-refractivity contribution in [2.75, 3.05) is 0 Å². The molecule has 1 aromatic carbocycles. The van der Waals surface area contributed by atoms with Gasteiger partial charge in [-0.1, -0.05) is 24.3 Å². The minimum Gasteiger partial charge on any atom is -0.324 e. The second kappa shape index (κ2) is 2.88. The molecular weight excluding hydrogens is 148 g/mol. The number of nitrogens with two attached hydrogens (primary N) is 2. The van der Waals surface area contributed by atoms with Gasteiger partial charge >= 0.3 is 0 Å². The van der Waals surface area contributed by atoms with Crippen molar-refractivity contribution in [3.63, 3.8) is 0 Å². The lowest BCUT2D eigenvalue weighted by atomic mass is 9.85. The average molecular weight is 162 g/mol. The summed E-state index contributed by atoms with van der Waals surface area (Å²) in [5.74, 6) is 0. The molecule has 64 valence electrons. The van der Waals surface area contributed by atoms with E-state index in [1.165, 1.54) is 11.1 Å². The van der Waals surface area contributed by atoms with Gasteiger partial charge < -0.3 is 11.5 Å². The van der Waals surface area contributed by atoms with E-state index in [-0.39, 0.29) is 12.1 Å². The molecule has 0 fully saturated rings. The first kappa shape index (κ1) is 7.77. The fourth-order valence-electron chi connectivity index (χ4n) is 1.86. The van der Waals surface area contributed by atoms with E-state index in [9.17, 15) is 0 Å². The van der Waals surface area contributed by atoms with Gasteiger partial charge in [-0.15, -0.1) is 0 Å². The number of hydrogen-bond acceptors (Lipinski definition) is 2. The largest absolute Gasteiger partial charge is 0.324 e. The highest BCUT2D eigenvalue weighted by Crippen LogP contribution is 2.32. The molecule has 0 aromatic heterocycles. The molecule has 0 spiro atoms. The molecule has 1 aromatic rings. The summed E-state index contributed by atoms with van der Waals surface area (Å²) in [7, 11) is 0. The third-order valence-corrected chi connectivity index (χ3v) is 2.58. The van der Waals surface area contributed by atoms with E-state index in [1.807, 2.05) is 12.1 Å². The lowest BCUT2D eigenvalue weighted by molar-refractivity contribution is 0.501. The lowest BCUT2D eigenvalue weighted by Gasteiger charge is -2.26. The molecule has 2 nitrogen and oxygen atoms in total. The van der Waals surface area contributed by atoms with Crippen LogP contribution in [0.1, 0.15) is 36.1 Å². The molecule has 1 aliphatic carbocycles. The Balaban J connectivity index is 2.47. The highest BCUT2D eigenvalue weighted by Gasteiger charge is 2.21. The maximum atomic E-state index is 5.95. The fraction of sp³-hybridized carbons (Fsp3) is 0.400. The topological polar surface area (TPSA) is 52.0 Å². The molecule has 0 radical (unpaired) electrons. The summed E-state index contributed by atoms with van der Waals surface area (Å²) in [5, 5.41) is 0. The summed E-state index contributed by atoms with van der Waals surface area (Å²) in [6.07, 6.45) is 2.02. The Morgan fingerprint density at radius 3 is 1.75 bits per heavy atom. The van der Waals surface area contributed by atoms with Crippen LogP contribution in [0.25, 0.3) is 0 Å². The van der Waals surface area contributed by atoms with Crippen molar-refractivity contribution in [3.05, 3.63) is 35.4 Å². The smallest absolute Gasteiger partial charge is 0.0298 e. The van der Waals surface area contributed by atoms with E-state index >= 15 is 0 Å². The normalized spacial score (nSPS) is 28.2. The van der Waals surface area contributed by atoms with Crippen LogP contribution in [0, 0.1) is 0 Å². The minimum absolute atomic E-state index is 0.195. The van der Waals surface area contributed by atoms with Crippen LogP contribution in [-0.2, 0) is 0 Å². The molecule has 2 rings (SSSR count). The van der Waals surface area contributed by atoms with E-state index in [1.54, 1.807) is 0 Å². The first-order valence-electron chi connectivity index (χ1n) is 4.39. The van der Waals surface area contributed by atoms with Crippen LogP contribution in [0.5, 0.6) is 0 Å². The summed E-state index contributed by atoms with van der Waals surface area (Å²) in [4.78, 5) is 0. The molecule has 0 heterocycles. The van der Waals surface area contributed by atoms with Crippen molar-refractivity contribution in [1.29, 1.82) is 0 Å². The van der Waals surface area contributed by atoms with Gasteiger partial charge in [0.25, 0.3) is 0 Å². The monoisotopic (exact) mass is 162 g/mol. The molecule has 0 aliphatic heterocycles. The van der Waals surface area contributed by atoms with Gasteiger partial charge in [0.2, 0.25) is 0 Å². The van der Waals surface area contributed by atoms with Gasteiger partial charge in [0, 0.05) is 12.1 Å². The first-order valence-corrected chi connectivity index (χ1v) is 4.39. The van der Waals surface area contributed by atoms with Crippen LogP contribution in [0.4, 0.5) is 0 Å². The van der Waals surface area contributed by atoms with Crippen LogP contribution < -0.4 is 11.5 Å². The number of hydrogen-bond donors (Lipinski definition) is 2. The second-order valence-electron chi connectivity index (χ2n) is 3.42. The van der Waals surface area contributed by atoms with E-state index in [2.05, 4.69) is 12.1 Å². The van der Waals surface area contributed by atoms with Crippen molar-refractivity contribution in [1.82, 2.24) is 0 Å². The summed E-state index contributed by atoms with van der Waals surface area (Å²) in [6.45, 7) is 0. The highest BCUT2D eigenvalue weighted by molar-refractivity contribution is 5.34. The Bertz CT molecular complexity index is 254. The summed E-state index contributed by atoms with van der Waals surface area (Å²) < 4.78 is 0. The number of fused-ring (bicyclic) bond motifs is 1. The maximum absolute atomic E-state index is 5.95. The molecule has 0 bridgehead atoms. The Morgan fingerprint density at radius 2 is 1.33 bits per heavy atom. The van der Waals surface area contributed by atoms with Crippen LogP contribution in [-0.4, -0.2) is 0 Å². The van der Waals surface area contributed by atoms with Crippen LogP contribution in [0.15, 0.2) is 24.3 Å². The van der Waals surface area contributed by atoms with Crippen molar-refractivity contribution < 1.29 is 0 Å². The Morgan fingerprint density at radius 1 is 0.917 bits per heavy atom. The first-order chi connectivity index (χ1) is 5.79. The Labute approximate surface area is 72.6 Å². The zero-order valence-electron chi connectivity index (χ0n) is 7.03. The van der Waals surface area contributed by atoms with E-state index in [0.717, 1.165) is 12.8 Å². The van der Waals surface area contributed by atoms with Gasteiger partial charge in [-0.3, -0.25) is 0 Å². The predicted octanol–water partition coefficient (Wildman–Crippen LogP) is 1.48. The summed E-state index contributed by atoms with van der Waals surface area (Å²) in [6, 6.07) is 8.60. The molecule has 0 saturated carbocycles. The zero-order valence-corrected chi connectivity index (χ0v) is 7.03. The fourth-order valence-corrected chi connectivity index (χ4v) is 1.86. The zero-order chi connectivity index (χ0) is 8.55. The predicted molar refractivity (Wildman–Crippen MR) is 49.5 cm³/mol. The van der Waals surface area contributed by atoms with Crippen molar-refractivity contribution in [2.24, 2.45) is 11.5 Å². The maximum Gasteiger partial charge on any atom is 0.0298 e. The molecule has 4 N–H and O–H groups in total. The van der Waals surface area contributed by atoms with Gasteiger partial charge in [-0.05, 0) is 24.0 Å². The van der Waals surface area contributed by atoms with Gasteiger partial charge in [0.05, 0.1) is 0 Å². The van der Waals surface area contributed by atoms with Crippen LogP contribution >= 0.6 is 0 Å².